The molecule has 0 bridgehead atoms. The van der Waals surface area contributed by atoms with Crippen LogP contribution in [0.4, 0.5) is 0 Å². The molecule has 3 aliphatic rings. The summed E-state index contributed by atoms with van der Waals surface area (Å²) in [6, 6.07) is 2.84. The Bertz CT molecular complexity index is 536. The zero-order chi connectivity index (χ0) is 17.2. The molecule has 1 saturated carbocycles. The standard InChI is InChI=1S/C18H28N4O2/c1-14(23)22-11-5-7-16(22)15-6-4-10-21(15)12-17(24)20-18(13-19)8-2-3-9-18/h15-16H,2-12H2,1H3,(H,20,24)/t15-,16+/m1/s1. The smallest absolute Gasteiger partial charge is 0.235 e. The molecule has 3 rings (SSSR count). The molecule has 2 aliphatic heterocycles. The number of carbonyl (C=O) groups excluding carboxylic acids is 2. The normalized spacial score (nSPS) is 29.6. The third-order valence-corrected chi connectivity index (χ3v) is 5.96. The van der Waals surface area contributed by atoms with Crippen molar-refractivity contribution in [2.75, 3.05) is 19.6 Å². The largest absolute Gasteiger partial charge is 0.338 e. The van der Waals surface area contributed by atoms with Crippen molar-refractivity contribution in [2.45, 2.75) is 75.9 Å². The van der Waals surface area contributed by atoms with Crippen molar-refractivity contribution in [3.05, 3.63) is 0 Å². The first-order chi connectivity index (χ1) is 11.5. The van der Waals surface area contributed by atoms with Crippen LogP contribution in [0.15, 0.2) is 0 Å². The Labute approximate surface area is 144 Å². The molecule has 2 saturated heterocycles. The van der Waals surface area contributed by atoms with Crippen LogP contribution in [0.1, 0.15) is 58.3 Å². The molecule has 6 heteroatoms. The van der Waals surface area contributed by atoms with Crippen LogP contribution in [0.2, 0.25) is 0 Å². The van der Waals surface area contributed by atoms with Gasteiger partial charge in [-0.2, -0.15) is 5.26 Å². The monoisotopic (exact) mass is 332 g/mol. The quantitative estimate of drug-likeness (QED) is 0.844. The minimum absolute atomic E-state index is 0.0438. The molecular formula is C18H28N4O2. The molecule has 6 nitrogen and oxygen atoms in total. The first-order valence-corrected chi connectivity index (χ1v) is 9.28. The fourth-order valence-electron chi connectivity index (χ4n) is 4.80. The van der Waals surface area contributed by atoms with Crippen molar-refractivity contribution in [1.82, 2.24) is 15.1 Å². The van der Waals surface area contributed by atoms with Crippen LogP contribution in [0.5, 0.6) is 0 Å². The van der Waals surface area contributed by atoms with E-state index in [0.29, 0.717) is 6.54 Å². The molecule has 0 aromatic rings. The van der Waals surface area contributed by atoms with Crippen LogP contribution in [-0.4, -0.2) is 58.9 Å². The minimum atomic E-state index is -0.648. The molecule has 0 spiro atoms. The summed E-state index contributed by atoms with van der Waals surface area (Å²) < 4.78 is 0. The van der Waals surface area contributed by atoms with Gasteiger partial charge in [-0.05, 0) is 57.9 Å². The molecule has 132 valence electrons. The maximum Gasteiger partial charge on any atom is 0.235 e. The van der Waals surface area contributed by atoms with E-state index in [1.54, 1.807) is 6.92 Å². The van der Waals surface area contributed by atoms with Crippen molar-refractivity contribution in [2.24, 2.45) is 0 Å². The van der Waals surface area contributed by atoms with Crippen molar-refractivity contribution in [3.8, 4) is 6.07 Å². The second kappa shape index (κ2) is 7.10. The number of nitrogens with zero attached hydrogens (tertiary/aromatic N) is 3. The predicted molar refractivity (Wildman–Crippen MR) is 90.0 cm³/mol. The topological polar surface area (TPSA) is 76.4 Å². The zero-order valence-electron chi connectivity index (χ0n) is 14.6. The van der Waals surface area contributed by atoms with Gasteiger partial charge < -0.3 is 10.2 Å². The van der Waals surface area contributed by atoms with Gasteiger partial charge in [0, 0.05) is 25.6 Å². The Morgan fingerprint density at radius 1 is 1.12 bits per heavy atom. The molecule has 24 heavy (non-hydrogen) atoms. The maximum absolute atomic E-state index is 12.5. The third kappa shape index (κ3) is 3.41. The second-order valence-electron chi connectivity index (χ2n) is 7.55. The van der Waals surface area contributed by atoms with Crippen molar-refractivity contribution >= 4 is 11.8 Å². The first kappa shape index (κ1) is 17.2. The number of carbonyl (C=O) groups is 2. The lowest BCUT2D eigenvalue weighted by Crippen LogP contribution is -2.53. The van der Waals surface area contributed by atoms with E-state index in [1.807, 2.05) is 4.90 Å². The molecular weight excluding hydrogens is 304 g/mol. The lowest BCUT2D eigenvalue weighted by molar-refractivity contribution is -0.130. The predicted octanol–water partition coefficient (Wildman–Crippen LogP) is 1.41. The second-order valence-corrected chi connectivity index (χ2v) is 7.55. The van der Waals surface area contributed by atoms with Gasteiger partial charge in [0.25, 0.3) is 0 Å². The summed E-state index contributed by atoms with van der Waals surface area (Å²) in [5.74, 6) is 0.0981. The number of rotatable bonds is 4. The summed E-state index contributed by atoms with van der Waals surface area (Å²) in [6.07, 6.45) is 7.75. The Balaban J connectivity index is 1.61. The van der Waals surface area contributed by atoms with Crippen LogP contribution in [0.25, 0.3) is 0 Å². The summed E-state index contributed by atoms with van der Waals surface area (Å²) in [7, 11) is 0. The van der Waals surface area contributed by atoms with E-state index in [-0.39, 0.29) is 23.9 Å². The van der Waals surface area contributed by atoms with Gasteiger partial charge in [0.2, 0.25) is 11.8 Å². The highest BCUT2D eigenvalue weighted by molar-refractivity contribution is 5.79. The minimum Gasteiger partial charge on any atom is -0.338 e. The fourth-order valence-corrected chi connectivity index (χ4v) is 4.80. The Morgan fingerprint density at radius 3 is 2.46 bits per heavy atom. The molecule has 1 aliphatic carbocycles. The average molecular weight is 332 g/mol. The van der Waals surface area contributed by atoms with Crippen molar-refractivity contribution in [3.63, 3.8) is 0 Å². The Morgan fingerprint density at radius 2 is 1.79 bits per heavy atom. The van der Waals surface area contributed by atoms with Crippen molar-refractivity contribution < 1.29 is 9.59 Å². The van der Waals surface area contributed by atoms with Gasteiger partial charge in [0.15, 0.2) is 0 Å². The maximum atomic E-state index is 12.5. The van der Waals surface area contributed by atoms with Crippen LogP contribution < -0.4 is 5.32 Å². The van der Waals surface area contributed by atoms with E-state index in [2.05, 4.69) is 16.3 Å². The summed E-state index contributed by atoms with van der Waals surface area (Å²) >= 11 is 0. The van der Waals surface area contributed by atoms with E-state index in [4.69, 9.17) is 0 Å². The van der Waals surface area contributed by atoms with E-state index in [0.717, 1.165) is 64.5 Å². The number of likely N-dealkylation sites (tertiary alicyclic amines) is 2. The van der Waals surface area contributed by atoms with E-state index >= 15 is 0 Å². The van der Waals surface area contributed by atoms with Gasteiger partial charge in [-0.1, -0.05) is 0 Å². The van der Waals surface area contributed by atoms with Gasteiger partial charge >= 0.3 is 0 Å². The molecule has 0 aromatic carbocycles. The highest BCUT2D eigenvalue weighted by Gasteiger charge is 2.40. The first-order valence-electron chi connectivity index (χ1n) is 9.28. The number of hydrogen-bond donors (Lipinski definition) is 1. The summed E-state index contributed by atoms with van der Waals surface area (Å²) in [5, 5.41) is 12.4. The molecule has 0 aromatic heterocycles. The lowest BCUT2D eigenvalue weighted by Gasteiger charge is -2.34. The summed E-state index contributed by atoms with van der Waals surface area (Å²) in [4.78, 5) is 28.6. The molecule has 2 atom stereocenters. The lowest BCUT2D eigenvalue weighted by atomic mass is 9.99. The van der Waals surface area contributed by atoms with Crippen molar-refractivity contribution in [1.29, 1.82) is 5.26 Å². The van der Waals surface area contributed by atoms with E-state index < -0.39 is 5.54 Å². The molecule has 0 radical (unpaired) electrons. The van der Waals surface area contributed by atoms with Crippen LogP contribution in [0, 0.1) is 11.3 Å². The summed E-state index contributed by atoms with van der Waals surface area (Å²) in [6.45, 7) is 3.73. The zero-order valence-corrected chi connectivity index (χ0v) is 14.6. The van der Waals surface area contributed by atoms with Gasteiger partial charge in [0.05, 0.1) is 12.6 Å². The van der Waals surface area contributed by atoms with E-state index in [9.17, 15) is 14.9 Å². The number of amides is 2. The van der Waals surface area contributed by atoms with Crippen LogP contribution in [-0.2, 0) is 9.59 Å². The summed E-state index contributed by atoms with van der Waals surface area (Å²) in [5.41, 5.74) is -0.648. The number of hydrogen-bond acceptors (Lipinski definition) is 4. The van der Waals surface area contributed by atoms with Gasteiger partial charge in [-0.15, -0.1) is 0 Å². The van der Waals surface area contributed by atoms with E-state index in [1.165, 1.54) is 0 Å². The SMILES string of the molecule is CC(=O)N1CCC[C@H]1[C@H]1CCCN1CC(=O)NC1(C#N)CCCC1. The molecule has 2 heterocycles. The number of nitriles is 1. The molecule has 1 N–H and O–H groups in total. The molecule has 0 unspecified atom stereocenters. The highest BCUT2D eigenvalue weighted by atomic mass is 16.2. The van der Waals surface area contributed by atoms with Crippen LogP contribution >= 0.6 is 0 Å². The molecule has 3 fully saturated rings. The van der Waals surface area contributed by atoms with Gasteiger partial charge in [-0.25, -0.2) is 0 Å². The Hall–Kier alpha value is -1.61. The Kier molecular flexibility index (Phi) is 5.09. The average Bonchev–Trinajstić information content (AvgIpc) is 3.26. The highest BCUT2D eigenvalue weighted by Crippen LogP contribution is 2.31. The van der Waals surface area contributed by atoms with Gasteiger partial charge in [0.1, 0.15) is 5.54 Å². The number of nitrogens with one attached hydrogen (secondary N) is 1. The van der Waals surface area contributed by atoms with Gasteiger partial charge in [-0.3, -0.25) is 14.5 Å². The fraction of sp³-hybridized carbons (Fsp3) is 0.833. The third-order valence-electron chi connectivity index (χ3n) is 5.96. The molecule has 2 amide bonds. The van der Waals surface area contributed by atoms with Crippen LogP contribution in [0.3, 0.4) is 0 Å².